The summed E-state index contributed by atoms with van der Waals surface area (Å²) in [6, 6.07) is 5.89. The SMILES string of the molecule is CCOc1ccc(C(N)=O)cc1S(=O)(=O)NCCCn1cccn1. The third kappa shape index (κ3) is 4.56. The van der Waals surface area contributed by atoms with Gasteiger partial charge < -0.3 is 10.5 Å². The van der Waals surface area contributed by atoms with Crippen molar-refractivity contribution in [1.29, 1.82) is 0 Å². The van der Waals surface area contributed by atoms with Crippen LogP contribution in [0, 0.1) is 0 Å². The zero-order valence-electron chi connectivity index (χ0n) is 13.3. The zero-order valence-corrected chi connectivity index (χ0v) is 14.1. The van der Waals surface area contributed by atoms with Gasteiger partial charge >= 0.3 is 0 Å². The topological polar surface area (TPSA) is 116 Å². The van der Waals surface area contributed by atoms with Crippen molar-refractivity contribution in [3.8, 4) is 5.75 Å². The van der Waals surface area contributed by atoms with Crippen LogP contribution in [0.5, 0.6) is 5.75 Å². The quantitative estimate of drug-likeness (QED) is 0.646. The molecule has 1 amide bonds. The highest BCUT2D eigenvalue weighted by Crippen LogP contribution is 2.25. The summed E-state index contributed by atoms with van der Waals surface area (Å²) < 4.78 is 34.6. The Morgan fingerprint density at radius 2 is 2.21 bits per heavy atom. The lowest BCUT2D eigenvalue weighted by Gasteiger charge is -2.13. The largest absolute Gasteiger partial charge is 0.492 e. The van der Waals surface area contributed by atoms with Crippen molar-refractivity contribution in [2.24, 2.45) is 5.73 Å². The number of benzene rings is 1. The van der Waals surface area contributed by atoms with E-state index in [-0.39, 0.29) is 22.8 Å². The highest BCUT2D eigenvalue weighted by atomic mass is 32.2. The molecular weight excluding hydrogens is 332 g/mol. The standard InChI is InChI=1S/C15H20N4O4S/c1-2-23-13-6-5-12(15(16)20)11-14(13)24(21,22)18-8-4-10-19-9-3-7-17-19/h3,5-7,9,11,18H,2,4,8,10H2,1H3,(H2,16,20). The molecule has 0 fully saturated rings. The summed E-state index contributed by atoms with van der Waals surface area (Å²) in [6.07, 6.45) is 4.03. The van der Waals surface area contributed by atoms with Crippen LogP contribution in [0.3, 0.4) is 0 Å². The molecule has 2 aromatic rings. The molecule has 3 N–H and O–H groups in total. The second kappa shape index (κ2) is 7.93. The minimum atomic E-state index is -3.82. The maximum Gasteiger partial charge on any atom is 0.248 e. The van der Waals surface area contributed by atoms with E-state index in [0.717, 1.165) is 0 Å². The van der Waals surface area contributed by atoms with Crippen molar-refractivity contribution >= 4 is 15.9 Å². The Morgan fingerprint density at radius 1 is 1.42 bits per heavy atom. The fourth-order valence-corrected chi connectivity index (χ4v) is 3.35. The van der Waals surface area contributed by atoms with Gasteiger partial charge in [-0.25, -0.2) is 13.1 Å². The second-order valence-electron chi connectivity index (χ2n) is 4.98. The molecule has 9 heteroatoms. The molecule has 0 aliphatic rings. The lowest BCUT2D eigenvalue weighted by molar-refractivity contribution is 0.1000. The van der Waals surface area contributed by atoms with Crippen LogP contribution in [-0.2, 0) is 16.6 Å². The summed E-state index contributed by atoms with van der Waals surface area (Å²) in [6.45, 7) is 2.87. The molecule has 1 aromatic carbocycles. The van der Waals surface area contributed by atoms with Gasteiger partial charge in [-0.1, -0.05) is 0 Å². The monoisotopic (exact) mass is 352 g/mol. The van der Waals surface area contributed by atoms with E-state index in [2.05, 4.69) is 9.82 Å². The summed E-state index contributed by atoms with van der Waals surface area (Å²) in [4.78, 5) is 11.2. The van der Waals surface area contributed by atoms with Crippen LogP contribution in [0.2, 0.25) is 0 Å². The number of sulfonamides is 1. The molecule has 2 rings (SSSR count). The molecule has 1 heterocycles. The average molecular weight is 352 g/mol. The van der Waals surface area contributed by atoms with Gasteiger partial charge in [0.15, 0.2) is 0 Å². The molecule has 0 spiro atoms. The van der Waals surface area contributed by atoms with Crippen LogP contribution in [0.25, 0.3) is 0 Å². The van der Waals surface area contributed by atoms with Gasteiger partial charge in [0.25, 0.3) is 0 Å². The Bertz CT molecular complexity index is 788. The Morgan fingerprint density at radius 3 is 2.83 bits per heavy atom. The van der Waals surface area contributed by atoms with Gasteiger partial charge in [0.2, 0.25) is 15.9 Å². The lowest BCUT2D eigenvalue weighted by Crippen LogP contribution is -2.26. The first-order valence-electron chi connectivity index (χ1n) is 7.48. The molecule has 0 aliphatic carbocycles. The number of nitrogens with two attached hydrogens (primary N) is 1. The third-order valence-electron chi connectivity index (χ3n) is 3.23. The van der Waals surface area contributed by atoms with Gasteiger partial charge in [-0.15, -0.1) is 0 Å². The van der Waals surface area contributed by atoms with E-state index in [1.54, 1.807) is 30.1 Å². The van der Waals surface area contributed by atoms with Gasteiger partial charge in [-0.2, -0.15) is 5.10 Å². The number of rotatable bonds is 9. The number of ether oxygens (including phenoxy) is 1. The molecule has 0 atom stereocenters. The van der Waals surface area contributed by atoms with Crippen LogP contribution in [-0.4, -0.2) is 37.3 Å². The molecule has 1 aromatic heterocycles. The van der Waals surface area contributed by atoms with Crippen molar-refractivity contribution in [1.82, 2.24) is 14.5 Å². The predicted molar refractivity (Wildman–Crippen MR) is 88.2 cm³/mol. The summed E-state index contributed by atoms with van der Waals surface area (Å²) in [5.74, 6) is -0.518. The maximum atomic E-state index is 12.5. The predicted octanol–water partition coefficient (Wildman–Crippen LogP) is 0.749. The molecule has 0 saturated heterocycles. The summed E-state index contributed by atoms with van der Waals surface area (Å²) >= 11 is 0. The third-order valence-corrected chi connectivity index (χ3v) is 4.72. The number of aromatic nitrogens is 2. The number of aryl methyl sites for hydroxylation is 1. The number of nitrogens with zero attached hydrogens (tertiary/aromatic N) is 2. The Labute approximate surface area is 140 Å². The number of amides is 1. The number of carbonyl (C=O) groups is 1. The van der Waals surface area contributed by atoms with E-state index in [1.165, 1.54) is 18.2 Å². The fraction of sp³-hybridized carbons (Fsp3) is 0.333. The molecular formula is C15H20N4O4S. The summed E-state index contributed by atoms with van der Waals surface area (Å²) in [5.41, 5.74) is 5.33. The van der Waals surface area contributed by atoms with Crippen LogP contribution >= 0.6 is 0 Å². The first-order chi connectivity index (χ1) is 11.4. The van der Waals surface area contributed by atoms with Crippen LogP contribution < -0.4 is 15.2 Å². The molecule has 0 bridgehead atoms. The molecule has 0 unspecified atom stereocenters. The summed E-state index contributed by atoms with van der Waals surface area (Å²) in [7, 11) is -3.82. The van der Waals surface area contributed by atoms with Crippen molar-refractivity contribution < 1.29 is 17.9 Å². The highest BCUT2D eigenvalue weighted by molar-refractivity contribution is 7.89. The minimum Gasteiger partial charge on any atom is -0.492 e. The van der Waals surface area contributed by atoms with Gasteiger partial charge in [-0.3, -0.25) is 9.48 Å². The molecule has 24 heavy (non-hydrogen) atoms. The second-order valence-corrected chi connectivity index (χ2v) is 6.71. The molecule has 0 radical (unpaired) electrons. The van der Waals surface area contributed by atoms with E-state index in [4.69, 9.17) is 10.5 Å². The number of primary amides is 1. The van der Waals surface area contributed by atoms with E-state index in [1.807, 2.05) is 0 Å². The fourth-order valence-electron chi connectivity index (χ4n) is 2.10. The van der Waals surface area contributed by atoms with Crippen molar-refractivity contribution in [3.63, 3.8) is 0 Å². The van der Waals surface area contributed by atoms with E-state index >= 15 is 0 Å². The van der Waals surface area contributed by atoms with E-state index in [9.17, 15) is 13.2 Å². The molecule has 8 nitrogen and oxygen atoms in total. The minimum absolute atomic E-state index is 0.0975. The van der Waals surface area contributed by atoms with Crippen molar-refractivity contribution in [3.05, 3.63) is 42.2 Å². The van der Waals surface area contributed by atoms with Crippen LogP contribution in [0.4, 0.5) is 0 Å². The number of hydrogen-bond acceptors (Lipinski definition) is 5. The van der Waals surface area contributed by atoms with Gasteiger partial charge in [-0.05, 0) is 37.6 Å². The van der Waals surface area contributed by atoms with Crippen LogP contribution in [0.15, 0.2) is 41.6 Å². The number of carbonyl (C=O) groups excluding carboxylic acids is 1. The van der Waals surface area contributed by atoms with E-state index in [0.29, 0.717) is 19.6 Å². The van der Waals surface area contributed by atoms with Crippen molar-refractivity contribution in [2.45, 2.75) is 24.8 Å². The highest BCUT2D eigenvalue weighted by Gasteiger charge is 2.21. The van der Waals surface area contributed by atoms with Crippen molar-refractivity contribution in [2.75, 3.05) is 13.2 Å². The average Bonchev–Trinajstić information content (AvgIpc) is 3.05. The van der Waals surface area contributed by atoms with Crippen LogP contribution in [0.1, 0.15) is 23.7 Å². The Hall–Kier alpha value is -2.39. The zero-order chi connectivity index (χ0) is 17.6. The molecule has 0 aliphatic heterocycles. The number of hydrogen-bond donors (Lipinski definition) is 2. The summed E-state index contributed by atoms with van der Waals surface area (Å²) in [5, 5.41) is 4.05. The first-order valence-corrected chi connectivity index (χ1v) is 8.96. The molecule has 0 saturated carbocycles. The van der Waals surface area contributed by atoms with Gasteiger partial charge in [0.1, 0.15) is 10.6 Å². The lowest BCUT2D eigenvalue weighted by atomic mass is 10.2. The maximum absolute atomic E-state index is 12.5. The Kier molecular flexibility index (Phi) is 5.93. The smallest absolute Gasteiger partial charge is 0.248 e. The van der Waals surface area contributed by atoms with E-state index < -0.39 is 15.9 Å². The first kappa shape index (κ1) is 18.0. The molecule has 130 valence electrons. The van der Waals surface area contributed by atoms with Gasteiger partial charge in [0.05, 0.1) is 6.61 Å². The Balaban J connectivity index is 2.11. The normalized spacial score (nSPS) is 11.4. The van der Waals surface area contributed by atoms with Gasteiger partial charge in [0, 0.05) is 31.0 Å². The number of nitrogens with one attached hydrogen (secondary N) is 1.